The highest BCUT2D eigenvalue weighted by Gasteiger charge is 2.31. The molecule has 0 bridgehead atoms. The zero-order valence-corrected chi connectivity index (χ0v) is 17.9. The molecule has 3 rings (SSSR count). The number of nitrogens with one attached hydrogen (secondary N) is 2. The maximum atomic E-state index is 13.1. The van der Waals surface area contributed by atoms with Crippen LogP contribution in [0.1, 0.15) is 62.7 Å². The fourth-order valence-corrected chi connectivity index (χ4v) is 6.15. The lowest BCUT2D eigenvalue weighted by atomic mass is 10.0. The molecule has 156 valence electrons. The lowest BCUT2D eigenvalue weighted by molar-refractivity contribution is -0.905. The van der Waals surface area contributed by atoms with Crippen molar-refractivity contribution in [2.75, 3.05) is 26.2 Å². The molecule has 2 saturated heterocycles. The minimum atomic E-state index is -3.56. The number of quaternary nitrogens is 1. The number of hydrogen-bond acceptors (Lipinski definition) is 3. The Labute approximate surface area is 169 Å². The van der Waals surface area contributed by atoms with Gasteiger partial charge in [-0.25, -0.2) is 8.42 Å². The Morgan fingerprint density at radius 3 is 2.64 bits per heavy atom. The summed E-state index contributed by atoms with van der Waals surface area (Å²) < 4.78 is 27.7. The number of nitrogens with zero attached hydrogens (tertiary/aromatic N) is 1. The summed E-state index contributed by atoms with van der Waals surface area (Å²) in [6.07, 6.45) is 5.98. The summed E-state index contributed by atoms with van der Waals surface area (Å²) in [4.78, 5) is 14.5. The van der Waals surface area contributed by atoms with Crippen LogP contribution in [-0.2, 0) is 10.0 Å². The fourth-order valence-electron chi connectivity index (χ4n) is 4.40. The van der Waals surface area contributed by atoms with E-state index < -0.39 is 10.0 Å². The minimum Gasteiger partial charge on any atom is -0.349 e. The summed E-state index contributed by atoms with van der Waals surface area (Å²) in [5.74, 6) is -0.173. The maximum Gasteiger partial charge on any atom is 0.251 e. The van der Waals surface area contributed by atoms with E-state index in [2.05, 4.69) is 12.2 Å². The number of benzene rings is 1. The molecule has 1 aromatic rings. The average molecular weight is 409 g/mol. The van der Waals surface area contributed by atoms with Gasteiger partial charge >= 0.3 is 0 Å². The molecule has 0 radical (unpaired) electrons. The van der Waals surface area contributed by atoms with E-state index in [1.807, 2.05) is 6.92 Å². The van der Waals surface area contributed by atoms with Crippen molar-refractivity contribution in [2.24, 2.45) is 0 Å². The van der Waals surface area contributed by atoms with Crippen molar-refractivity contribution in [1.29, 1.82) is 0 Å². The number of carbonyl (C=O) groups excluding carboxylic acids is 1. The van der Waals surface area contributed by atoms with Crippen LogP contribution in [0.25, 0.3) is 0 Å². The molecule has 2 heterocycles. The third kappa shape index (κ3) is 4.93. The molecule has 0 aromatic heterocycles. The Morgan fingerprint density at radius 1 is 1.21 bits per heavy atom. The predicted octanol–water partition coefficient (Wildman–Crippen LogP) is 1.44. The predicted molar refractivity (Wildman–Crippen MR) is 110 cm³/mol. The van der Waals surface area contributed by atoms with Crippen molar-refractivity contribution in [3.8, 4) is 0 Å². The second-order valence-electron chi connectivity index (χ2n) is 8.24. The first kappa shape index (κ1) is 21.3. The van der Waals surface area contributed by atoms with Gasteiger partial charge in [0.05, 0.1) is 24.5 Å². The standard InChI is InChI=1S/C21H33N3O3S/c1-3-12-23-14-10-19(11-15-23)22-21(25)18-8-6-9-20(16-18)28(26,27)24-13-5-4-7-17(24)2/h6,8-9,16-17,19H,3-5,7,10-15H2,1-2H3,(H,22,25)/p+1/t17-/m0/s1. The van der Waals surface area contributed by atoms with E-state index in [1.54, 1.807) is 27.4 Å². The van der Waals surface area contributed by atoms with Gasteiger partial charge in [0, 0.05) is 37.0 Å². The lowest BCUT2D eigenvalue weighted by Crippen LogP contribution is -3.13. The van der Waals surface area contributed by atoms with Gasteiger partial charge in [0.2, 0.25) is 10.0 Å². The van der Waals surface area contributed by atoms with Gasteiger partial charge in [-0.05, 0) is 44.4 Å². The van der Waals surface area contributed by atoms with Crippen molar-refractivity contribution >= 4 is 15.9 Å². The summed E-state index contributed by atoms with van der Waals surface area (Å²) in [5.41, 5.74) is 0.425. The third-order valence-electron chi connectivity index (χ3n) is 6.08. The van der Waals surface area contributed by atoms with E-state index >= 15 is 0 Å². The highest BCUT2D eigenvalue weighted by atomic mass is 32.2. The SMILES string of the molecule is CCC[NH+]1CCC(NC(=O)c2cccc(S(=O)(=O)N3CCCC[C@@H]3C)c2)CC1. The van der Waals surface area contributed by atoms with Crippen LogP contribution in [0.5, 0.6) is 0 Å². The first-order chi connectivity index (χ1) is 13.4. The van der Waals surface area contributed by atoms with E-state index in [-0.39, 0.29) is 22.9 Å². The molecule has 1 aromatic carbocycles. The molecule has 6 nitrogen and oxygen atoms in total. The molecular weight excluding hydrogens is 374 g/mol. The molecule has 1 amide bonds. The van der Waals surface area contributed by atoms with E-state index in [0.29, 0.717) is 12.1 Å². The monoisotopic (exact) mass is 408 g/mol. The van der Waals surface area contributed by atoms with Crippen LogP contribution in [0.15, 0.2) is 29.2 Å². The molecule has 2 fully saturated rings. The second-order valence-corrected chi connectivity index (χ2v) is 10.1. The van der Waals surface area contributed by atoms with Crippen molar-refractivity contribution < 1.29 is 18.1 Å². The number of carbonyl (C=O) groups is 1. The zero-order chi connectivity index (χ0) is 20.1. The first-order valence-electron chi connectivity index (χ1n) is 10.7. The van der Waals surface area contributed by atoms with E-state index in [0.717, 1.165) is 45.2 Å². The molecule has 0 unspecified atom stereocenters. The van der Waals surface area contributed by atoms with Gasteiger partial charge in [-0.2, -0.15) is 4.31 Å². The van der Waals surface area contributed by atoms with Crippen LogP contribution < -0.4 is 10.2 Å². The Morgan fingerprint density at radius 2 is 1.96 bits per heavy atom. The van der Waals surface area contributed by atoms with E-state index in [9.17, 15) is 13.2 Å². The topological polar surface area (TPSA) is 70.9 Å². The van der Waals surface area contributed by atoms with Crippen LogP contribution in [0, 0.1) is 0 Å². The molecule has 0 spiro atoms. The molecule has 2 aliphatic rings. The number of piperidine rings is 2. The lowest BCUT2D eigenvalue weighted by Gasteiger charge is -2.32. The van der Waals surface area contributed by atoms with Gasteiger partial charge < -0.3 is 10.2 Å². The minimum absolute atomic E-state index is 0.00652. The van der Waals surface area contributed by atoms with Crippen molar-refractivity contribution in [2.45, 2.75) is 69.4 Å². The van der Waals surface area contributed by atoms with Gasteiger partial charge in [0.15, 0.2) is 0 Å². The average Bonchev–Trinajstić information content (AvgIpc) is 2.70. The number of sulfonamides is 1. The van der Waals surface area contributed by atoms with Gasteiger partial charge in [0.1, 0.15) is 0 Å². The Hall–Kier alpha value is -1.44. The largest absolute Gasteiger partial charge is 0.349 e. The molecule has 0 saturated carbocycles. The fraction of sp³-hybridized carbons (Fsp3) is 0.667. The molecule has 0 aliphatic carbocycles. The van der Waals surface area contributed by atoms with Crippen molar-refractivity contribution in [3.63, 3.8) is 0 Å². The van der Waals surface area contributed by atoms with Gasteiger partial charge in [-0.3, -0.25) is 4.79 Å². The summed E-state index contributed by atoms with van der Waals surface area (Å²) in [5, 5.41) is 3.10. The van der Waals surface area contributed by atoms with Crippen molar-refractivity contribution in [3.05, 3.63) is 29.8 Å². The summed E-state index contributed by atoms with van der Waals surface area (Å²) in [6.45, 7) is 8.07. The van der Waals surface area contributed by atoms with Crippen LogP contribution in [0.4, 0.5) is 0 Å². The summed E-state index contributed by atoms with van der Waals surface area (Å²) >= 11 is 0. The van der Waals surface area contributed by atoms with E-state index in [1.165, 1.54) is 19.0 Å². The normalized spacial score (nSPS) is 26.7. The molecule has 7 heteroatoms. The van der Waals surface area contributed by atoms with Crippen LogP contribution in [-0.4, -0.2) is 56.9 Å². The van der Waals surface area contributed by atoms with Gasteiger partial charge in [-0.15, -0.1) is 0 Å². The molecular formula is C21H34N3O3S+. The maximum absolute atomic E-state index is 13.1. The number of amides is 1. The molecule has 28 heavy (non-hydrogen) atoms. The molecule has 2 N–H and O–H groups in total. The Balaban J connectivity index is 1.66. The molecule has 1 atom stereocenters. The Kier molecular flexibility index (Phi) is 7.12. The smallest absolute Gasteiger partial charge is 0.251 e. The van der Waals surface area contributed by atoms with Gasteiger partial charge in [-0.1, -0.05) is 19.4 Å². The third-order valence-corrected chi connectivity index (χ3v) is 8.09. The zero-order valence-electron chi connectivity index (χ0n) is 17.1. The summed E-state index contributed by atoms with van der Waals surface area (Å²) in [6, 6.07) is 6.68. The second kappa shape index (κ2) is 9.37. The van der Waals surface area contributed by atoms with E-state index in [4.69, 9.17) is 0 Å². The number of likely N-dealkylation sites (tertiary alicyclic amines) is 1. The van der Waals surface area contributed by atoms with Crippen LogP contribution in [0.3, 0.4) is 0 Å². The highest BCUT2D eigenvalue weighted by molar-refractivity contribution is 7.89. The highest BCUT2D eigenvalue weighted by Crippen LogP contribution is 2.25. The number of hydrogen-bond donors (Lipinski definition) is 2. The van der Waals surface area contributed by atoms with Gasteiger partial charge in [0.25, 0.3) is 5.91 Å². The Bertz CT molecular complexity index is 773. The van der Waals surface area contributed by atoms with Crippen LogP contribution >= 0.6 is 0 Å². The number of rotatable bonds is 6. The first-order valence-corrected chi connectivity index (χ1v) is 12.1. The van der Waals surface area contributed by atoms with Crippen molar-refractivity contribution in [1.82, 2.24) is 9.62 Å². The van der Waals surface area contributed by atoms with Crippen LogP contribution in [0.2, 0.25) is 0 Å². The quantitative estimate of drug-likeness (QED) is 0.748. The molecule has 2 aliphatic heterocycles. The summed E-state index contributed by atoms with van der Waals surface area (Å²) in [7, 11) is -3.56.